The zero-order valence-electron chi connectivity index (χ0n) is 31.7. The number of rotatable bonds is 4. The molecule has 2 aliphatic rings. The molecule has 3 nitrogen and oxygen atoms in total. The largest absolute Gasteiger partial charge is 0.456 e. The molecule has 0 saturated carbocycles. The Morgan fingerprint density at radius 2 is 1.12 bits per heavy atom. The maximum absolute atomic E-state index is 6.48. The molecule has 0 bridgehead atoms. The fourth-order valence-corrected chi connectivity index (χ4v) is 10.8. The maximum Gasteiger partial charge on any atom is 0.136 e. The number of para-hydroxylation sites is 2. The van der Waals surface area contributed by atoms with Crippen LogP contribution in [0.2, 0.25) is 0 Å². The maximum atomic E-state index is 6.48. The summed E-state index contributed by atoms with van der Waals surface area (Å²) >= 11 is 0. The predicted octanol–water partition coefficient (Wildman–Crippen LogP) is 13.9. The van der Waals surface area contributed by atoms with Crippen molar-refractivity contribution in [1.29, 1.82) is 0 Å². The summed E-state index contributed by atoms with van der Waals surface area (Å²) in [6, 6.07) is 67.1. The van der Waals surface area contributed by atoms with Crippen LogP contribution in [0.3, 0.4) is 0 Å². The Bertz CT molecular complexity index is 3460. The van der Waals surface area contributed by atoms with E-state index in [9.17, 15) is 0 Å². The predicted molar refractivity (Wildman–Crippen MR) is 240 cm³/mol. The molecule has 2 aliphatic carbocycles. The summed E-state index contributed by atoms with van der Waals surface area (Å²) in [5.41, 5.74) is 17.7. The topological polar surface area (TPSA) is 23.0 Å². The van der Waals surface area contributed by atoms with Crippen molar-refractivity contribution < 1.29 is 4.42 Å². The zero-order chi connectivity index (χ0) is 38.0. The molecule has 0 unspecified atom stereocenters. The number of fused-ring (bicyclic) bond motifs is 13. The van der Waals surface area contributed by atoms with Gasteiger partial charge in [0.25, 0.3) is 0 Å². The molecule has 0 atom stereocenters. The van der Waals surface area contributed by atoms with Gasteiger partial charge in [0.05, 0.1) is 22.0 Å². The van der Waals surface area contributed by atoms with Gasteiger partial charge in [0.2, 0.25) is 0 Å². The number of aromatic nitrogens is 2. The minimum Gasteiger partial charge on any atom is -0.456 e. The first kappa shape index (κ1) is 31.8. The summed E-state index contributed by atoms with van der Waals surface area (Å²) in [5.74, 6) is 0. The van der Waals surface area contributed by atoms with Gasteiger partial charge >= 0.3 is 0 Å². The van der Waals surface area contributed by atoms with E-state index in [0.717, 1.165) is 35.1 Å². The molecule has 0 radical (unpaired) electrons. The molecule has 272 valence electrons. The second-order valence-electron chi connectivity index (χ2n) is 15.9. The second-order valence-corrected chi connectivity index (χ2v) is 15.9. The highest BCUT2D eigenvalue weighted by molar-refractivity contribution is 6.28. The minimum absolute atomic E-state index is 0.473. The van der Waals surface area contributed by atoms with Crippen LogP contribution in [-0.4, -0.2) is 9.13 Å². The Kier molecular flexibility index (Phi) is 6.49. The number of benzene rings is 8. The molecular weight excluding hydrogens is 705 g/mol. The second kappa shape index (κ2) is 11.8. The van der Waals surface area contributed by atoms with Crippen LogP contribution >= 0.6 is 0 Å². The molecule has 58 heavy (non-hydrogen) atoms. The normalized spacial score (nSPS) is 14.1. The molecular formula is C55H36N2O. The lowest BCUT2D eigenvalue weighted by Crippen LogP contribution is -2.28. The monoisotopic (exact) mass is 740 g/mol. The Morgan fingerprint density at radius 1 is 0.448 bits per heavy atom. The smallest absolute Gasteiger partial charge is 0.136 e. The first-order valence-electron chi connectivity index (χ1n) is 20.3. The van der Waals surface area contributed by atoms with Gasteiger partial charge < -0.3 is 13.6 Å². The van der Waals surface area contributed by atoms with E-state index in [-0.39, 0.29) is 0 Å². The molecule has 0 spiro atoms. The van der Waals surface area contributed by atoms with Crippen molar-refractivity contribution in [2.75, 3.05) is 0 Å². The third kappa shape index (κ3) is 4.12. The lowest BCUT2D eigenvalue weighted by molar-refractivity contribution is 0.669. The van der Waals surface area contributed by atoms with Crippen molar-refractivity contribution in [3.05, 3.63) is 222 Å². The SMILES string of the molecule is C1=Cc2c(n(-c3cccc(C4(c5ccccc5)c5ccccc5-c5ccccc54)c3)c3cc4c(cc23)c2c3c(ccc2n4-c2ccccc2)oc2ccccc23)CC1. The van der Waals surface area contributed by atoms with Crippen molar-refractivity contribution in [2.24, 2.45) is 0 Å². The molecule has 8 aromatic carbocycles. The fraction of sp³-hybridized carbons (Fsp3) is 0.0545. The lowest BCUT2D eigenvalue weighted by atomic mass is 9.67. The van der Waals surface area contributed by atoms with Gasteiger partial charge in [-0.25, -0.2) is 0 Å². The first-order valence-corrected chi connectivity index (χ1v) is 20.3. The van der Waals surface area contributed by atoms with E-state index in [2.05, 4.69) is 203 Å². The summed E-state index contributed by atoms with van der Waals surface area (Å²) in [6.45, 7) is 0. The Hall–Kier alpha value is -7.36. The Morgan fingerprint density at radius 3 is 1.93 bits per heavy atom. The molecule has 3 heterocycles. The van der Waals surface area contributed by atoms with Gasteiger partial charge in [0.1, 0.15) is 11.2 Å². The summed E-state index contributed by atoms with van der Waals surface area (Å²) in [4.78, 5) is 0. The Balaban J connectivity index is 1.14. The summed E-state index contributed by atoms with van der Waals surface area (Å²) in [7, 11) is 0. The van der Waals surface area contributed by atoms with Crippen LogP contribution in [0.15, 0.2) is 192 Å². The lowest BCUT2D eigenvalue weighted by Gasteiger charge is -2.34. The van der Waals surface area contributed by atoms with E-state index in [4.69, 9.17) is 4.42 Å². The first-order chi connectivity index (χ1) is 28.8. The van der Waals surface area contributed by atoms with Crippen LogP contribution in [0.5, 0.6) is 0 Å². The number of hydrogen-bond acceptors (Lipinski definition) is 1. The highest BCUT2D eigenvalue weighted by Gasteiger charge is 2.46. The van der Waals surface area contributed by atoms with E-state index in [1.807, 2.05) is 0 Å². The van der Waals surface area contributed by atoms with E-state index in [1.54, 1.807) is 0 Å². The quantitative estimate of drug-likeness (QED) is 0.176. The molecule has 3 heteroatoms. The molecule has 0 aliphatic heterocycles. The van der Waals surface area contributed by atoms with Gasteiger partial charge in [0.15, 0.2) is 0 Å². The summed E-state index contributed by atoms with van der Waals surface area (Å²) in [6.07, 6.45) is 6.69. The van der Waals surface area contributed by atoms with E-state index < -0.39 is 5.41 Å². The van der Waals surface area contributed by atoms with Crippen LogP contribution in [0, 0.1) is 0 Å². The van der Waals surface area contributed by atoms with Crippen molar-refractivity contribution in [2.45, 2.75) is 18.3 Å². The zero-order valence-corrected chi connectivity index (χ0v) is 31.7. The van der Waals surface area contributed by atoms with Crippen molar-refractivity contribution in [3.63, 3.8) is 0 Å². The number of furan rings is 1. The number of hydrogen-bond donors (Lipinski definition) is 0. The van der Waals surface area contributed by atoms with Crippen molar-refractivity contribution in [3.8, 4) is 22.5 Å². The summed E-state index contributed by atoms with van der Waals surface area (Å²) in [5, 5.41) is 6.06. The average Bonchev–Trinajstić information content (AvgIpc) is 4.01. The summed E-state index contributed by atoms with van der Waals surface area (Å²) < 4.78 is 11.5. The highest BCUT2D eigenvalue weighted by Crippen LogP contribution is 2.56. The number of nitrogens with zero attached hydrogens (tertiary/aromatic N) is 2. The van der Waals surface area contributed by atoms with Gasteiger partial charge in [0, 0.05) is 49.6 Å². The minimum atomic E-state index is -0.473. The van der Waals surface area contributed by atoms with Crippen molar-refractivity contribution in [1.82, 2.24) is 9.13 Å². The highest BCUT2D eigenvalue weighted by atomic mass is 16.3. The third-order valence-electron chi connectivity index (χ3n) is 13.0. The van der Waals surface area contributed by atoms with Crippen LogP contribution in [-0.2, 0) is 11.8 Å². The van der Waals surface area contributed by atoms with Gasteiger partial charge in [-0.2, -0.15) is 0 Å². The van der Waals surface area contributed by atoms with Gasteiger partial charge in [-0.3, -0.25) is 0 Å². The van der Waals surface area contributed by atoms with Gasteiger partial charge in [-0.15, -0.1) is 0 Å². The third-order valence-corrected chi connectivity index (χ3v) is 13.0. The van der Waals surface area contributed by atoms with Gasteiger partial charge in [-0.1, -0.05) is 140 Å². The van der Waals surface area contributed by atoms with E-state index in [1.165, 1.54) is 88.4 Å². The number of allylic oxidation sites excluding steroid dienone is 1. The molecule has 0 N–H and O–H groups in total. The average molecular weight is 741 g/mol. The standard InChI is InChI=1S/C55H36N2O/c1-3-16-35(17-4-1)55(45-26-11-7-22-39(45)40-23-8-12-27-46(40)55)36-18-15-21-38(32-36)57-47-28-13-9-24-41(47)43-33-44-50(34-49(43)57)56(37-19-5-2-6-20-37)48-30-31-52-54(53(44)48)42-25-10-14-29-51(42)58-52/h1-12,14-27,29-34H,13,28H2. The van der Waals surface area contributed by atoms with Crippen LogP contribution in [0.25, 0.3) is 83.2 Å². The Labute approximate surface area is 335 Å². The van der Waals surface area contributed by atoms with E-state index >= 15 is 0 Å². The van der Waals surface area contributed by atoms with Crippen LogP contribution in [0.1, 0.15) is 39.9 Å². The molecule has 0 fully saturated rings. The molecule has 0 saturated heterocycles. The van der Waals surface area contributed by atoms with Crippen molar-refractivity contribution >= 4 is 60.7 Å². The molecule has 13 rings (SSSR count). The molecule has 3 aromatic heterocycles. The van der Waals surface area contributed by atoms with Crippen LogP contribution in [0.4, 0.5) is 0 Å². The van der Waals surface area contributed by atoms with Gasteiger partial charge in [-0.05, 0) is 101 Å². The van der Waals surface area contributed by atoms with Crippen LogP contribution < -0.4 is 0 Å². The fourth-order valence-electron chi connectivity index (χ4n) is 10.8. The van der Waals surface area contributed by atoms with E-state index in [0.29, 0.717) is 0 Å². The molecule has 0 amide bonds. The molecule has 11 aromatic rings.